The minimum atomic E-state index is -4.21. The van der Waals surface area contributed by atoms with Gasteiger partial charge in [0.05, 0.1) is 34.4 Å². The number of carbonyl (C=O) groups is 1. The molecule has 8 nitrogen and oxygen atoms in total. The van der Waals surface area contributed by atoms with Crippen LogP contribution in [0.15, 0.2) is 0 Å². The summed E-state index contributed by atoms with van der Waals surface area (Å²) < 4.78 is 33.4. The first-order chi connectivity index (χ1) is 16.1. The molecule has 0 fully saturated rings. The van der Waals surface area contributed by atoms with E-state index in [-0.39, 0.29) is 19.8 Å². The minimum absolute atomic E-state index is 0.0884. The molecular weight excluding hydrogens is 457 g/mol. The van der Waals surface area contributed by atoms with Gasteiger partial charge in [0.15, 0.2) is 0 Å². The van der Waals surface area contributed by atoms with Crippen LogP contribution in [0.3, 0.4) is 0 Å². The second kappa shape index (κ2) is 20.7. The molecule has 0 bridgehead atoms. The number of quaternary nitrogens is 1. The fraction of sp³-hybridized carbons (Fsp3) is 0.960. The highest BCUT2D eigenvalue weighted by Crippen LogP contribution is 2.43. The third-order valence-electron chi connectivity index (χ3n) is 5.47. The number of phosphoric acid groups is 1. The highest BCUT2D eigenvalue weighted by molar-refractivity contribution is 7.47. The van der Waals surface area contributed by atoms with Crippen LogP contribution < -0.4 is 0 Å². The molecule has 34 heavy (non-hydrogen) atoms. The number of rotatable bonds is 24. The fourth-order valence-electron chi connectivity index (χ4n) is 3.43. The Labute approximate surface area is 208 Å². The van der Waals surface area contributed by atoms with Crippen molar-refractivity contribution in [3.8, 4) is 0 Å². The van der Waals surface area contributed by atoms with Gasteiger partial charge in [-0.25, -0.2) is 4.57 Å². The molecule has 0 amide bonds. The predicted molar refractivity (Wildman–Crippen MR) is 137 cm³/mol. The van der Waals surface area contributed by atoms with Crippen LogP contribution in [0.25, 0.3) is 0 Å². The van der Waals surface area contributed by atoms with Crippen LogP contribution in [0.2, 0.25) is 0 Å². The van der Waals surface area contributed by atoms with Crippen LogP contribution in [0.5, 0.6) is 0 Å². The molecule has 0 spiro atoms. The molecule has 1 N–H and O–H groups in total. The van der Waals surface area contributed by atoms with E-state index in [0.717, 1.165) is 12.8 Å². The fourth-order valence-corrected chi connectivity index (χ4v) is 4.17. The normalized spacial score (nSPS) is 14.6. The summed E-state index contributed by atoms with van der Waals surface area (Å²) in [5.41, 5.74) is 0. The zero-order chi connectivity index (χ0) is 25.7. The summed E-state index contributed by atoms with van der Waals surface area (Å²) in [5.74, 6) is -0.489. The Morgan fingerprint density at radius 2 is 1.29 bits per heavy atom. The molecule has 204 valence electrons. The summed E-state index contributed by atoms with van der Waals surface area (Å²) in [6.45, 7) is 4.62. The molecule has 2 unspecified atom stereocenters. The summed E-state index contributed by atoms with van der Waals surface area (Å²) in [6, 6.07) is 0. The quantitative estimate of drug-likeness (QED) is 0.0752. The van der Waals surface area contributed by atoms with Gasteiger partial charge in [-0.3, -0.25) is 13.8 Å². The average Bonchev–Trinajstić information content (AvgIpc) is 2.73. The Balaban J connectivity index is 3.81. The van der Waals surface area contributed by atoms with Gasteiger partial charge in [0, 0.05) is 13.5 Å². The molecule has 0 heterocycles. The molecule has 2 atom stereocenters. The number of carbonyl (C=O) groups excluding carboxylic acids is 1. The lowest BCUT2D eigenvalue weighted by atomic mass is 10.0. The minimum Gasteiger partial charge on any atom is -0.458 e. The first-order valence-corrected chi connectivity index (χ1v) is 14.7. The first kappa shape index (κ1) is 33.5. The Hall–Kier alpha value is -0.500. The smallest absolute Gasteiger partial charge is 0.458 e. The van der Waals surface area contributed by atoms with Gasteiger partial charge in [0.25, 0.3) is 0 Å². The third-order valence-corrected chi connectivity index (χ3v) is 6.45. The van der Waals surface area contributed by atoms with E-state index in [2.05, 4.69) is 6.92 Å². The molecule has 0 aromatic carbocycles. The van der Waals surface area contributed by atoms with Crippen molar-refractivity contribution < 1.29 is 37.3 Å². The number of likely N-dealkylation sites (N-methyl/N-ethyl adjacent to an activating group) is 1. The molecule has 0 aromatic heterocycles. The lowest BCUT2D eigenvalue weighted by molar-refractivity contribution is -0.870. The molecule has 0 aliphatic heterocycles. The number of esters is 1. The third kappa shape index (κ3) is 24.6. The van der Waals surface area contributed by atoms with E-state index in [4.69, 9.17) is 18.5 Å². The van der Waals surface area contributed by atoms with Gasteiger partial charge in [0.1, 0.15) is 19.3 Å². The van der Waals surface area contributed by atoms with Crippen LogP contribution >= 0.6 is 7.82 Å². The molecule has 0 aromatic rings. The van der Waals surface area contributed by atoms with Crippen LogP contribution in [-0.4, -0.2) is 75.6 Å². The summed E-state index contributed by atoms with van der Waals surface area (Å²) in [6.07, 6.45) is 16.0. The van der Waals surface area contributed by atoms with Crippen molar-refractivity contribution in [2.24, 2.45) is 0 Å². The molecule has 0 rings (SSSR count). The molecule has 0 aliphatic carbocycles. The molecule has 9 heteroatoms. The maximum atomic E-state index is 12.0. The topological polar surface area (TPSA) is 91.3 Å². The Bertz CT molecular complexity index is 540. The second-order valence-electron chi connectivity index (χ2n) is 10.2. The van der Waals surface area contributed by atoms with Crippen molar-refractivity contribution in [3.63, 3.8) is 0 Å². The van der Waals surface area contributed by atoms with Crippen molar-refractivity contribution in [2.45, 2.75) is 103 Å². The monoisotopic (exact) mass is 510 g/mol. The van der Waals surface area contributed by atoms with Crippen LogP contribution in [0.1, 0.15) is 97.3 Å². The van der Waals surface area contributed by atoms with Crippen molar-refractivity contribution >= 4 is 13.8 Å². The maximum Gasteiger partial charge on any atom is 0.472 e. The summed E-state index contributed by atoms with van der Waals surface area (Å²) >= 11 is 0. The first-order valence-electron chi connectivity index (χ1n) is 13.2. The molecule has 0 radical (unpaired) electrons. The van der Waals surface area contributed by atoms with E-state index in [1.54, 1.807) is 0 Å². The number of hydrogen-bond acceptors (Lipinski definition) is 6. The van der Waals surface area contributed by atoms with Gasteiger partial charge in [-0.2, -0.15) is 0 Å². The van der Waals surface area contributed by atoms with E-state index in [0.29, 0.717) is 17.6 Å². The zero-order valence-electron chi connectivity index (χ0n) is 22.6. The lowest BCUT2D eigenvalue weighted by Gasteiger charge is -2.24. The van der Waals surface area contributed by atoms with Gasteiger partial charge in [0.2, 0.25) is 0 Å². The summed E-state index contributed by atoms with van der Waals surface area (Å²) in [5, 5.41) is 0. The van der Waals surface area contributed by atoms with Gasteiger partial charge in [-0.05, 0) is 6.42 Å². The number of unbranched alkanes of at least 4 members (excludes halogenated alkanes) is 12. The predicted octanol–water partition coefficient (Wildman–Crippen LogP) is 5.87. The van der Waals surface area contributed by atoms with Gasteiger partial charge >= 0.3 is 13.8 Å². The average molecular weight is 511 g/mol. The van der Waals surface area contributed by atoms with E-state index < -0.39 is 19.9 Å². The summed E-state index contributed by atoms with van der Waals surface area (Å²) in [4.78, 5) is 21.1. The van der Waals surface area contributed by atoms with E-state index in [9.17, 15) is 14.3 Å². The SMILES string of the molecule is CCCCCCCCCCCCCCCOCC(COP(=O)(O)OCC[N+](C)(C)C)OC(C)=O. The van der Waals surface area contributed by atoms with E-state index in [1.165, 1.54) is 77.6 Å². The van der Waals surface area contributed by atoms with Crippen molar-refractivity contribution in [1.82, 2.24) is 0 Å². The zero-order valence-corrected chi connectivity index (χ0v) is 23.5. The van der Waals surface area contributed by atoms with E-state index in [1.807, 2.05) is 21.1 Å². The van der Waals surface area contributed by atoms with Crippen molar-refractivity contribution in [1.29, 1.82) is 0 Å². The standard InChI is InChI=1S/C25H52NO7P/c1-6-7-8-9-10-11-12-13-14-15-16-17-18-20-30-22-25(33-24(2)27)23-32-34(28,29)31-21-19-26(3,4)5/h25H,6-23H2,1-5H3/p+1. The lowest BCUT2D eigenvalue weighted by Crippen LogP contribution is -2.37. The second-order valence-corrected chi connectivity index (χ2v) is 11.6. The highest BCUT2D eigenvalue weighted by atomic mass is 31.2. The van der Waals surface area contributed by atoms with Crippen molar-refractivity contribution in [3.05, 3.63) is 0 Å². The van der Waals surface area contributed by atoms with Gasteiger partial charge in [-0.15, -0.1) is 0 Å². The largest absolute Gasteiger partial charge is 0.472 e. The van der Waals surface area contributed by atoms with Crippen LogP contribution in [0, 0.1) is 0 Å². The van der Waals surface area contributed by atoms with Crippen LogP contribution in [-0.2, 0) is 27.9 Å². The molecule has 0 saturated heterocycles. The van der Waals surface area contributed by atoms with Gasteiger partial charge in [-0.1, -0.05) is 84.0 Å². The Morgan fingerprint density at radius 3 is 1.76 bits per heavy atom. The highest BCUT2D eigenvalue weighted by Gasteiger charge is 2.25. The Morgan fingerprint density at radius 1 is 0.794 bits per heavy atom. The maximum absolute atomic E-state index is 12.0. The van der Waals surface area contributed by atoms with Crippen LogP contribution in [0.4, 0.5) is 0 Å². The summed E-state index contributed by atoms with van der Waals surface area (Å²) in [7, 11) is 1.66. The van der Waals surface area contributed by atoms with Gasteiger partial charge < -0.3 is 18.9 Å². The number of hydrogen-bond donors (Lipinski definition) is 1. The van der Waals surface area contributed by atoms with Crippen molar-refractivity contribution in [2.75, 3.05) is 54.1 Å². The van der Waals surface area contributed by atoms with E-state index >= 15 is 0 Å². The molecule has 0 saturated carbocycles. The number of nitrogens with zero attached hydrogens (tertiary/aromatic N) is 1. The molecule has 0 aliphatic rings. The Kier molecular flexibility index (Phi) is 20.4. The number of ether oxygens (including phenoxy) is 2. The number of phosphoric ester groups is 1. The molecular formula is C25H53NO7P+.